The van der Waals surface area contributed by atoms with E-state index in [2.05, 4.69) is 35.6 Å². The van der Waals surface area contributed by atoms with Crippen LogP contribution in [0.1, 0.15) is 13.8 Å². The van der Waals surface area contributed by atoms with Crippen molar-refractivity contribution in [2.24, 2.45) is 5.92 Å². The predicted octanol–water partition coefficient (Wildman–Crippen LogP) is 0.351. The molecule has 1 atom stereocenters. The molecule has 0 aliphatic carbocycles. The second-order valence-electron chi connectivity index (χ2n) is 3.94. The Morgan fingerprint density at radius 1 is 1.23 bits per heavy atom. The maximum absolute atomic E-state index is 3.47. The van der Waals surface area contributed by atoms with Crippen molar-refractivity contribution >= 4 is 0 Å². The van der Waals surface area contributed by atoms with Gasteiger partial charge in [0.05, 0.1) is 0 Å². The quantitative estimate of drug-likeness (QED) is 0.679. The van der Waals surface area contributed by atoms with Crippen molar-refractivity contribution in [2.75, 3.05) is 32.7 Å². The lowest BCUT2D eigenvalue weighted by Crippen LogP contribution is -2.50. The van der Waals surface area contributed by atoms with Gasteiger partial charge in [-0.25, -0.2) is 10.0 Å². The van der Waals surface area contributed by atoms with E-state index in [1.165, 1.54) is 13.1 Å². The number of nitrogens with zero attached hydrogens (tertiary/aromatic N) is 2. The summed E-state index contributed by atoms with van der Waals surface area (Å²) in [4.78, 5) is 0. The fourth-order valence-corrected chi connectivity index (χ4v) is 2.33. The molecule has 1 N–H and O–H groups in total. The highest BCUT2D eigenvalue weighted by molar-refractivity contribution is 5.02. The highest BCUT2D eigenvalue weighted by Gasteiger charge is 2.35. The molecule has 2 saturated heterocycles. The zero-order chi connectivity index (χ0) is 9.26. The van der Waals surface area contributed by atoms with Crippen LogP contribution in [-0.2, 0) is 0 Å². The molecule has 0 saturated carbocycles. The average Bonchev–Trinajstić information content (AvgIpc) is 2.44. The minimum Gasteiger partial charge on any atom is -0.313 e. The fourth-order valence-electron chi connectivity index (χ4n) is 2.33. The number of hydrogen-bond acceptors (Lipinski definition) is 3. The van der Waals surface area contributed by atoms with Gasteiger partial charge in [-0.2, -0.15) is 0 Å². The maximum atomic E-state index is 3.47. The number of hydrogen-bond donors (Lipinski definition) is 1. The summed E-state index contributed by atoms with van der Waals surface area (Å²) in [5.41, 5.74) is 0. The monoisotopic (exact) mass is 182 g/mol. The molecular weight excluding hydrogens is 162 g/mol. The molecule has 2 aliphatic rings. The predicted molar refractivity (Wildman–Crippen MR) is 54.1 cm³/mol. The molecule has 0 aromatic rings. The Morgan fingerprint density at radius 2 is 1.77 bits per heavy atom. The molecule has 0 amide bonds. The van der Waals surface area contributed by atoms with Crippen molar-refractivity contribution in [3.05, 3.63) is 6.42 Å². The van der Waals surface area contributed by atoms with E-state index in [1.807, 2.05) is 0 Å². The van der Waals surface area contributed by atoms with E-state index >= 15 is 0 Å². The Kier molecular flexibility index (Phi) is 2.86. The van der Waals surface area contributed by atoms with Gasteiger partial charge in [0.2, 0.25) is 0 Å². The Labute approximate surface area is 81.1 Å². The van der Waals surface area contributed by atoms with Gasteiger partial charge in [-0.05, 0) is 6.42 Å². The summed E-state index contributed by atoms with van der Waals surface area (Å²) in [5.74, 6) is 0.814. The molecule has 0 spiro atoms. The van der Waals surface area contributed by atoms with Crippen LogP contribution in [0.15, 0.2) is 0 Å². The van der Waals surface area contributed by atoms with Gasteiger partial charge in [-0.3, -0.25) is 0 Å². The van der Waals surface area contributed by atoms with Crippen molar-refractivity contribution in [1.82, 2.24) is 15.3 Å². The first-order valence-corrected chi connectivity index (χ1v) is 5.41. The first kappa shape index (κ1) is 9.44. The smallest absolute Gasteiger partial charge is 0.0189 e. The van der Waals surface area contributed by atoms with E-state index in [1.54, 1.807) is 0 Å². The van der Waals surface area contributed by atoms with Gasteiger partial charge in [0.25, 0.3) is 0 Å². The lowest BCUT2D eigenvalue weighted by molar-refractivity contribution is 0.0388. The van der Waals surface area contributed by atoms with Gasteiger partial charge in [-0.1, -0.05) is 13.8 Å². The van der Waals surface area contributed by atoms with Gasteiger partial charge in [0, 0.05) is 44.7 Å². The maximum Gasteiger partial charge on any atom is 0.0189 e. The number of hydrazine groups is 1. The Balaban J connectivity index is 1.88. The van der Waals surface area contributed by atoms with Gasteiger partial charge in [-0.15, -0.1) is 0 Å². The molecule has 3 heteroatoms. The summed E-state index contributed by atoms with van der Waals surface area (Å²) in [7, 11) is 0. The van der Waals surface area contributed by atoms with Crippen LogP contribution in [0.25, 0.3) is 0 Å². The molecular formula is C10H20N3. The van der Waals surface area contributed by atoms with E-state index in [4.69, 9.17) is 0 Å². The topological polar surface area (TPSA) is 18.5 Å². The number of nitrogens with one attached hydrogen (secondary N) is 1. The molecule has 0 bridgehead atoms. The Bertz CT molecular complexity index is 156. The van der Waals surface area contributed by atoms with Crippen LogP contribution in [0, 0.1) is 12.3 Å². The SMILES string of the molecule is CCN1CC(C2[CH]CN2)CN1CC. The van der Waals surface area contributed by atoms with E-state index in [0.29, 0.717) is 6.04 Å². The molecule has 2 fully saturated rings. The highest BCUT2D eigenvalue weighted by atomic mass is 15.6. The van der Waals surface area contributed by atoms with Crippen molar-refractivity contribution in [3.63, 3.8) is 0 Å². The molecule has 2 aliphatic heterocycles. The molecule has 13 heavy (non-hydrogen) atoms. The third-order valence-electron chi connectivity index (χ3n) is 3.25. The first-order chi connectivity index (χ1) is 6.35. The third kappa shape index (κ3) is 1.73. The largest absolute Gasteiger partial charge is 0.313 e. The van der Waals surface area contributed by atoms with Crippen LogP contribution in [0.4, 0.5) is 0 Å². The second-order valence-corrected chi connectivity index (χ2v) is 3.94. The van der Waals surface area contributed by atoms with Crippen molar-refractivity contribution in [1.29, 1.82) is 0 Å². The van der Waals surface area contributed by atoms with Crippen LogP contribution >= 0.6 is 0 Å². The molecule has 2 rings (SSSR count). The highest BCUT2D eigenvalue weighted by Crippen LogP contribution is 2.22. The van der Waals surface area contributed by atoms with E-state index < -0.39 is 0 Å². The zero-order valence-electron chi connectivity index (χ0n) is 8.66. The van der Waals surface area contributed by atoms with Crippen LogP contribution in [-0.4, -0.2) is 48.8 Å². The fraction of sp³-hybridized carbons (Fsp3) is 0.900. The van der Waals surface area contributed by atoms with Crippen molar-refractivity contribution in [3.8, 4) is 0 Å². The number of rotatable bonds is 3. The lowest BCUT2D eigenvalue weighted by Gasteiger charge is -2.32. The second kappa shape index (κ2) is 3.95. The molecule has 75 valence electrons. The average molecular weight is 182 g/mol. The molecule has 0 aromatic carbocycles. The van der Waals surface area contributed by atoms with Gasteiger partial charge < -0.3 is 5.32 Å². The lowest BCUT2D eigenvalue weighted by atomic mass is 9.92. The van der Waals surface area contributed by atoms with Crippen LogP contribution in [0.2, 0.25) is 0 Å². The third-order valence-corrected chi connectivity index (χ3v) is 3.25. The summed E-state index contributed by atoms with van der Waals surface area (Å²) in [6.45, 7) is 10.4. The van der Waals surface area contributed by atoms with E-state index in [9.17, 15) is 0 Å². The van der Waals surface area contributed by atoms with Crippen LogP contribution in [0.5, 0.6) is 0 Å². The minimum absolute atomic E-state index is 0.686. The molecule has 2 heterocycles. The summed E-state index contributed by atoms with van der Waals surface area (Å²) in [6.07, 6.45) is 2.40. The summed E-state index contributed by atoms with van der Waals surface area (Å²) >= 11 is 0. The minimum atomic E-state index is 0.686. The van der Waals surface area contributed by atoms with E-state index in [0.717, 1.165) is 25.6 Å². The Hall–Kier alpha value is -0.120. The van der Waals surface area contributed by atoms with Crippen molar-refractivity contribution in [2.45, 2.75) is 19.9 Å². The first-order valence-electron chi connectivity index (χ1n) is 5.41. The summed E-state index contributed by atoms with van der Waals surface area (Å²) < 4.78 is 0. The summed E-state index contributed by atoms with van der Waals surface area (Å²) in [6, 6.07) is 0.686. The van der Waals surface area contributed by atoms with Gasteiger partial charge in [0.1, 0.15) is 0 Å². The molecule has 0 aromatic heterocycles. The summed E-state index contributed by atoms with van der Waals surface area (Å²) in [5, 5.41) is 8.41. The molecule has 1 radical (unpaired) electrons. The van der Waals surface area contributed by atoms with Gasteiger partial charge in [0.15, 0.2) is 0 Å². The zero-order valence-corrected chi connectivity index (χ0v) is 8.66. The van der Waals surface area contributed by atoms with Crippen molar-refractivity contribution < 1.29 is 0 Å². The van der Waals surface area contributed by atoms with Gasteiger partial charge >= 0.3 is 0 Å². The standard InChI is InChI=1S/C10H20N3/c1-3-12-7-9(8-13(12)4-2)10-5-6-11-10/h5,9-11H,3-4,6-8H2,1-2H3. The van der Waals surface area contributed by atoms with E-state index in [-0.39, 0.29) is 0 Å². The van der Waals surface area contributed by atoms with Crippen LogP contribution in [0.3, 0.4) is 0 Å². The van der Waals surface area contributed by atoms with Crippen LogP contribution < -0.4 is 5.32 Å². The normalized spacial score (nSPS) is 32.3. The molecule has 3 nitrogen and oxygen atoms in total. The molecule has 1 unspecified atom stereocenters. The Morgan fingerprint density at radius 3 is 2.08 bits per heavy atom.